The van der Waals surface area contributed by atoms with Crippen molar-refractivity contribution in [3.63, 3.8) is 0 Å². The Morgan fingerprint density at radius 1 is 1.45 bits per heavy atom. The average Bonchev–Trinajstić information content (AvgIpc) is 2.82. The summed E-state index contributed by atoms with van der Waals surface area (Å²) < 4.78 is 0. The first kappa shape index (κ1) is 14.6. The number of carbonyl (C=O) groups is 1. The average molecular weight is 293 g/mol. The molecule has 1 amide bonds. The number of amides is 1. The predicted octanol–water partition coefficient (Wildman–Crippen LogP) is 0.230. The maximum Gasteiger partial charge on any atom is 0.266 e. The van der Waals surface area contributed by atoms with Crippen molar-refractivity contribution in [2.75, 3.05) is 50.4 Å². The normalized spacial score (nSPS) is 15.6. The molecule has 1 aromatic rings. The molecule has 0 atom stereocenters. The van der Waals surface area contributed by atoms with Crippen LogP contribution < -0.4 is 16.0 Å². The van der Waals surface area contributed by atoms with Gasteiger partial charge in [0.25, 0.3) is 5.91 Å². The number of anilines is 2. The molecule has 2 heterocycles. The quantitative estimate of drug-likeness (QED) is 0.781. The monoisotopic (exact) mass is 293 g/mol. The van der Waals surface area contributed by atoms with Crippen LogP contribution in [0, 0.1) is 11.8 Å². The number of likely N-dealkylation sites (N-methyl/N-ethyl adjacent to an activating group) is 1. The van der Waals surface area contributed by atoms with Crippen LogP contribution in [0.25, 0.3) is 0 Å². The molecule has 0 bridgehead atoms. The summed E-state index contributed by atoms with van der Waals surface area (Å²) in [5, 5.41) is 3.54. The summed E-state index contributed by atoms with van der Waals surface area (Å²) in [6.45, 7) is 5.87. The van der Waals surface area contributed by atoms with E-state index in [0.29, 0.717) is 17.2 Å². The van der Waals surface area contributed by atoms with E-state index < -0.39 is 0 Å². The highest BCUT2D eigenvalue weighted by atomic mass is 32.1. The van der Waals surface area contributed by atoms with E-state index in [9.17, 15) is 4.79 Å². The Morgan fingerprint density at radius 2 is 2.15 bits per heavy atom. The first-order valence-corrected chi connectivity index (χ1v) is 7.31. The van der Waals surface area contributed by atoms with Crippen molar-refractivity contribution >= 4 is 28.2 Å². The van der Waals surface area contributed by atoms with Crippen molar-refractivity contribution < 1.29 is 4.79 Å². The third kappa shape index (κ3) is 3.40. The molecular weight excluding hydrogens is 274 g/mol. The summed E-state index contributed by atoms with van der Waals surface area (Å²) in [7, 11) is 2.10. The molecule has 0 spiro atoms. The number of nitrogens with two attached hydrogens (primary N) is 1. The number of aromatic nitrogens is 1. The lowest BCUT2D eigenvalue weighted by atomic mass is 10.3. The molecule has 6 nitrogen and oxygen atoms in total. The van der Waals surface area contributed by atoms with Gasteiger partial charge in [-0.25, -0.2) is 4.98 Å². The van der Waals surface area contributed by atoms with Crippen molar-refractivity contribution in [3.8, 4) is 11.8 Å². The molecule has 1 aliphatic rings. The van der Waals surface area contributed by atoms with E-state index >= 15 is 0 Å². The number of carbonyl (C=O) groups excluding carboxylic acids is 1. The van der Waals surface area contributed by atoms with E-state index in [1.165, 1.54) is 11.3 Å². The van der Waals surface area contributed by atoms with E-state index in [0.717, 1.165) is 31.3 Å². The van der Waals surface area contributed by atoms with Gasteiger partial charge in [-0.3, -0.25) is 4.79 Å². The lowest BCUT2D eigenvalue weighted by Crippen LogP contribution is -2.44. The smallest absolute Gasteiger partial charge is 0.266 e. The molecule has 0 radical (unpaired) electrons. The molecule has 20 heavy (non-hydrogen) atoms. The molecule has 0 aromatic carbocycles. The maximum atomic E-state index is 12.0. The Bertz CT molecular complexity index is 537. The number of piperazine rings is 1. The highest BCUT2D eigenvalue weighted by Crippen LogP contribution is 2.28. The fraction of sp³-hybridized carbons (Fsp3) is 0.538. The van der Waals surface area contributed by atoms with Gasteiger partial charge in [-0.1, -0.05) is 17.3 Å². The SMILES string of the molecule is CC#CCNC(=O)c1sc(N2CCN(C)CC2)nc1N. The van der Waals surface area contributed by atoms with Crippen LogP contribution in [0.5, 0.6) is 0 Å². The fourth-order valence-electron chi connectivity index (χ4n) is 1.91. The summed E-state index contributed by atoms with van der Waals surface area (Å²) in [5.41, 5.74) is 5.85. The van der Waals surface area contributed by atoms with Gasteiger partial charge in [0.15, 0.2) is 5.13 Å². The lowest BCUT2D eigenvalue weighted by molar-refractivity contribution is 0.0963. The van der Waals surface area contributed by atoms with Crippen LogP contribution in [0.2, 0.25) is 0 Å². The van der Waals surface area contributed by atoms with Crippen LogP contribution in [0.4, 0.5) is 10.9 Å². The van der Waals surface area contributed by atoms with Crippen LogP contribution in [-0.2, 0) is 0 Å². The molecule has 1 fully saturated rings. The molecule has 1 saturated heterocycles. The molecule has 7 heteroatoms. The Balaban J connectivity index is 2.04. The molecular formula is C13H19N5OS. The minimum absolute atomic E-state index is 0.205. The predicted molar refractivity (Wildman–Crippen MR) is 82.0 cm³/mol. The minimum atomic E-state index is -0.205. The number of thiazole rings is 1. The molecule has 1 aromatic heterocycles. The van der Waals surface area contributed by atoms with Gasteiger partial charge in [-0.15, -0.1) is 5.92 Å². The van der Waals surface area contributed by atoms with Gasteiger partial charge in [-0.2, -0.15) is 0 Å². The highest BCUT2D eigenvalue weighted by molar-refractivity contribution is 7.18. The number of hydrogen-bond donors (Lipinski definition) is 2. The van der Waals surface area contributed by atoms with E-state index in [1.807, 2.05) is 0 Å². The Morgan fingerprint density at radius 3 is 2.80 bits per heavy atom. The molecule has 0 aliphatic carbocycles. The zero-order valence-corrected chi connectivity index (χ0v) is 12.6. The number of hydrogen-bond acceptors (Lipinski definition) is 6. The van der Waals surface area contributed by atoms with Gasteiger partial charge in [-0.05, 0) is 14.0 Å². The van der Waals surface area contributed by atoms with Crippen LogP contribution in [-0.4, -0.2) is 55.6 Å². The van der Waals surface area contributed by atoms with E-state index in [2.05, 4.69) is 39.0 Å². The summed E-state index contributed by atoms with van der Waals surface area (Å²) in [6.07, 6.45) is 0. The van der Waals surface area contributed by atoms with Crippen molar-refractivity contribution in [3.05, 3.63) is 4.88 Å². The Hall–Kier alpha value is -1.78. The highest BCUT2D eigenvalue weighted by Gasteiger charge is 2.21. The largest absolute Gasteiger partial charge is 0.382 e. The van der Waals surface area contributed by atoms with Crippen molar-refractivity contribution in [1.82, 2.24) is 15.2 Å². The molecule has 3 N–H and O–H groups in total. The van der Waals surface area contributed by atoms with Gasteiger partial charge < -0.3 is 20.9 Å². The summed E-state index contributed by atoms with van der Waals surface area (Å²) >= 11 is 1.34. The van der Waals surface area contributed by atoms with E-state index in [-0.39, 0.29) is 5.91 Å². The van der Waals surface area contributed by atoms with Gasteiger partial charge in [0.05, 0.1) is 6.54 Å². The van der Waals surface area contributed by atoms with Crippen molar-refractivity contribution in [1.29, 1.82) is 0 Å². The van der Waals surface area contributed by atoms with Crippen LogP contribution in [0.3, 0.4) is 0 Å². The van der Waals surface area contributed by atoms with Crippen LogP contribution >= 0.6 is 11.3 Å². The zero-order chi connectivity index (χ0) is 14.5. The zero-order valence-electron chi connectivity index (χ0n) is 11.8. The fourth-order valence-corrected chi connectivity index (χ4v) is 2.86. The Kier molecular flexibility index (Phi) is 4.82. The van der Waals surface area contributed by atoms with Crippen molar-refractivity contribution in [2.45, 2.75) is 6.92 Å². The summed E-state index contributed by atoms with van der Waals surface area (Å²) in [6, 6.07) is 0. The van der Waals surface area contributed by atoms with Gasteiger partial charge >= 0.3 is 0 Å². The standard InChI is InChI=1S/C13H19N5OS/c1-3-4-5-15-12(19)10-11(14)16-13(20-10)18-8-6-17(2)7-9-18/h5-9,14H2,1-2H3,(H,15,19). The molecule has 2 rings (SSSR count). The lowest BCUT2D eigenvalue weighted by Gasteiger charge is -2.31. The first-order chi connectivity index (χ1) is 9.61. The number of nitrogens with zero attached hydrogens (tertiary/aromatic N) is 3. The van der Waals surface area contributed by atoms with Crippen LogP contribution in [0.1, 0.15) is 16.6 Å². The summed E-state index contributed by atoms with van der Waals surface area (Å²) in [5.74, 6) is 5.61. The first-order valence-electron chi connectivity index (χ1n) is 6.49. The third-order valence-electron chi connectivity index (χ3n) is 3.14. The van der Waals surface area contributed by atoms with E-state index in [4.69, 9.17) is 5.73 Å². The van der Waals surface area contributed by atoms with Gasteiger partial charge in [0.1, 0.15) is 10.7 Å². The van der Waals surface area contributed by atoms with E-state index in [1.54, 1.807) is 6.92 Å². The van der Waals surface area contributed by atoms with Gasteiger partial charge in [0.2, 0.25) is 0 Å². The maximum absolute atomic E-state index is 12.0. The third-order valence-corrected chi connectivity index (χ3v) is 4.27. The number of nitrogens with one attached hydrogen (secondary N) is 1. The minimum Gasteiger partial charge on any atom is -0.382 e. The van der Waals surface area contributed by atoms with Crippen LogP contribution in [0.15, 0.2) is 0 Å². The molecule has 108 valence electrons. The van der Waals surface area contributed by atoms with Crippen molar-refractivity contribution in [2.24, 2.45) is 0 Å². The number of nitrogen functional groups attached to an aromatic ring is 1. The second-order valence-corrected chi connectivity index (χ2v) is 5.59. The molecule has 1 aliphatic heterocycles. The number of rotatable bonds is 3. The molecule has 0 saturated carbocycles. The second-order valence-electron chi connectivity index (χ2n) is 4.61. The second kappa shape index (κ2) is 6.59. The topological polar surface area (TPSA) is 74.5 Å². The summed E-state index contributed by atoms with van der Waals surface area (Å²) in [4.78, 5) is 21.2. The van der Waals surface area contributed by atoms with Gasteiger partial charge in [0, 0.05) is 26.2 Å². The molecule has 0 unspecified atom stereocenters. The Labute approximate surface area is 123 Å².